The number of halogens is 3. The second-order valence-corrected chi connectivity index (χ2v) is 34.3. The second kappa shape index (κ2) is 39.4. The molecule has 0 spiro atoms. The lowest BCUT2D eigenvalue weighted by Crippen LogP contribution is -2.31. The van der Waals surface area contributed by atoms with E-state index in [1.165, 1.54) is 61.7 Å². The van der Waals surface area contributed by atoms with Gasteiger partial charge in [-0.1, -0.05) is 419 Å². The number of benzene rings is 16. The molecule has 0 bridgehead atoms. The Morgan fingerprint density at radius 1 is 0.209 bits per heavy atom. The molecule has 0 unspecified atom stereocenters. The van der Waals surface area contributed by atoms with Crippen LogP contribution in [0.2, 0.25) is 10.0 Å². The third-order valence-corrected chi connectivity index (χ3v) is 24.2. The minimum absolute atomic E-state index is 0.0252. The topological polar surface area (TPSA) is 158 Å². The van der Waals surface area contributed by atoms with Gasteiger partial charge in [-0.25, -0.2) is 29.9 Å². The predicted octanol–water partition coefficient (Wildman–Crippen LogP) is 26.8. The van der Waals surface area contributed by atoms with Crippen LogP contribution in [0.4, 0.5) is 0 Å². The highest BCUT2D eigenvalue weighted by molar-refractivity contribution is 9.10. The highest BCUT2D eigenvalue weighted by Gasteiger charge is 2.37. The van der Waals surface area contributed by atoms with E-state index < -0.39 is 14.2 Å². The van der Waals surface area contributed by atoms with Gasteiger partial charge in [0.15, 0.2) is 17.5 Å². The summed E-state index contributed by atoms with van der Waals surface area (Å²) in [4.78, 5) is 29.4. The monoisotopic (exact) mass is 1770 g/mol. The molecule has 0 fully saturated rings. The molecular weight excluding hydrogens is 1690 g/mol. The molecule has 129 heavy (non-hydrogen) atoms. The zero-order chi connectivity index (χ0) is 89.0. The molecule has 0 saturated heterocycles. The average Bonchev–Trinajstić information content (AvgIpc) is 1.59. The summed E-state index contributed by atoms with van der Waals surface area (Å²) < 4.78 is 1.03. The molecular formula is C114H87B2BrCl2N6O4. The maximum absolute atomic E-state index is 9.30. The number of hydrogen-bond acceptors (Lipinski definition) is 10. The van der Waals surface area contributed by atoms with Crippen LogP contribution >= 0.6 is 39.1 Å². The Morgan fingerprint density at radius 3 is 0.837 bits per heavy atom. The van der Waals surface area contributed by atoms with Gasteiger partial charge in [0, 0.05) is 75.4 Å². The number of nitrogens with zero attached hydrogens (tertiary/aromatic N) is 6. The summed E-state index contributed by atoms with van der Waals surface area (Å²) in [7, 11) is -2.84. The van der Waals surface area contributed by atoms with Crippen molar-refractivity contribution in [2.24, 2.45) is 0 Å². The number of hydrogen-bond donors (Lipinski definition) is 4. The molecule has 4 N–H and O–H groups in total. The van der Waals surface area contributed by atoms with Crippen LogP contribution in [-0.2, 0) is 10.8 Å². The average molecular weight is 1780 g/mol. The Morgan fingerprint density at radius 2 is 0.473 bits per heavy atom. The molecule has 0 amide bonds. The second-order valence-electron chi connectivity index (χ2n) is 32.6. The van der Waals surface area contributed by atoms with Gasteiger partial charge in [-0.05, 0) is 168 Å². The van der Waals surface area contributed by atoms with Crippen molar-refractivity contribution in [2.45, 2.75) is 38.5 Å². The molecule has 19 aromatic rings. The zero-order valence-electron chi connectivity index (χ0n) is 71.3. The molecule has 21 rings (SSSR count). The van der Waals surface area contributed by atoms with Crippen LogP contribution < -0.4 is 10.9 Å². The van der Waals surface area contributed by atoms with Crippen molar-refractivity contribution >= 4 is 64.3 Å². The SMILES string of the molecule is Brc1cccc(-c2cc(-c3ccccc3)nc(-c3ccccc3)n2)c1.CC1(C)c2ccccc2-c2ccc(-c3cccc(-c4cccc(-c5cc(-c6ccccc6)nc(-c6ccccc6)n5)c4)c3)cc21.CC1(C)c2ccccc2-c2ccc(B(O)O)cc21.Clc1cccc(-c2cccc(-c3cc(-c4ccccc4)nc(-c4ccccc4)n3)c2)c1.OB(O)c1cccc(Cl)c1. The summed E-state index contributed by atoms with van der Waals surface area (Å²) in [6.07, 6.45) is 0. The van der Waals surface area contributed by atoms with Gasteiger partial charge in [-0.15, -0.1) is 0 Å². The summed E-state index contributed by atoms with van der Waals surface area (Å²) in [6, 6.07) is 146. The summed E-state index contributed by atoms with van der Waals surface area (Å²) in [5, 5.41) is 37.1. The summed E-state index contributed by atoms with van der Waals surface area (Å²) in [5.74, 6) is 2.17. The van der Waals surface area contributed by atoms with Gasteiger partial charge < -0.3 is 20.1 Å². The van der Waals surface area contributed by atoms with Crippen molar-refractivity contribution in [3.8, 4) is 157 Å². The molecule has 3 heterocycles. The molecule has 0 saturated carbocycles. The van der Waals surface area contributed by atoms with E-state index in [1.807, 2.05) is 194 Å². The maximum Gasteiger partial charge on any atom is 0.488 e. The van der Waals surface area contributed by atoms with Crippen LogP contribution in [-0.4, -0.2) is 64.2 Å². The van der Waals surface area contributed by atoms with Crippen LogP contribution in [0.25, 0.3) is 157 Å². The highest BCUT2D eigenvalue weighted by atomic mass is 79.9. The summed E-state index contributed by atoms with van der Waals surface area (Å²) in [6.45, 7) is 9.02. The van der Waals surface area contributed by atoms with E-state index in [4.69, 9.17) is 63.2 Å². The van der Waals surface area contributed by atoms with Gasteiger partial charge in [0.05, 0.1) is 34.2 Å². The van der Waals surface area contributed by atoms with E-state index in [0.29, 0.717) is 21.8 Å². The first-order chi connectivity index (χ1) is 62.8. The number of aromatic nitrogens is 6. The summed E-state index contributed by atoms with van der Waals surface area (Å²) >= 11 is 15.3. The van der Waals surface area contributed by atoms with Gasteiger partial charge in [-0.2, -0.15) is 0 Å². The zero-order valence-corrected chi connectivity index (χ0v) is 74.4. The first kappa shape index (κ1) is 86.9. The van der Waals surface area contributed by atoms with Gasteiger partial charge in [-0.3, -0.25) is 0 Å². The van der Waals surface area contributed by atoms with Gasteiger partial charge in [0.1, 0.15) is 0 Å². The Hall–Kier alpha value is -14.2. The third-order valence-electron chi connectivity index (χ3n) is 23.2. The Kier molecular flexibility index (Phi) is 26.5. The highest BCUT2D eigenvalue weighted by Crippen LogP contribution is 2.51. The largest absolute Gasteiger partial charge is 0.488 e. The molecule has 2 aliphatic carbocycles. The fourth-order valence-corrected chi connectivity index (χ4v) is 17.3. The number of fused-ring (bicyclic) bond motifs is 6. The van der Waals surface area contributed by atoms with Crippen molar-refractivity contribution in [3.05, 3.63) is 467 Å². The minimum atomic E-state index is -1.43. The molecule has 0 radical (unpaired) electrons. The van der Waals surface area contributed by atoms with Crippen molar-refractivity contribution in [3.63, 3.8) is 0 Å². The van der Waals surface area contributed by atoms with Gasteiger partial charge >= 0.3 is 14.2 Å². The maximum atomic E-state index is 9.30. The number of rotatable bonds is 14. The van der Waals surface area contributed by atoms with Crippen LogP contribution in [0.5, 0.6) is 0 Å². The minimum Gasteiger partial charge on any atom is -0.423 e. The van der Waals surface area contributed by atoms with E-state index in [0.717, 1.165) is 128 Å². The standard InChI is InChI=1S/C43H32N2.C28H19ClN2.C22H15BrN2.C15H15BO2.C6H6BClO2/c1-43(2)38-22-10-9-21-36(38)37-24-23-34(27-39(37)43)32-18-11-17-31(25-32)33-19-12-20-35(26-33)41-28-40(29-13-5-3-6-14-29)44-42(45-41)30-15-7-4-8-16-30;29-25-16-8-14-23(18-25)22-13-7-15-24(17-22)27-19-26(20-9-3-1-4-10-20)30-28(31-27)21-11-5-2-6-12-21;23-19-13-7-12-18(14-19)21-15-20(16-8-3-1-4-9-16)24-22(25-21)17-10-5-2-6-11-17;1-15(2)13-6-4-3-5-11(13)12-8-7-10(16(17)18)9-14(12)15;8-6-3-1-2-5(4-6)7(9)10/h3-28H,1-2H3;1-19H;1-15H;3-9,17-18H,1-2H3;1-4,9-10H. The van der Waals surface area contributed by atoms with Crippen LogP contribution in [0.1, 0.15) is 49.9 Å². The van der Waals surface area contributed by atoms with Gasteiger partial charge in [0.25, 0.3) is 0 Å². The molecule has 0 aliphatic heterocycles. The van der Waals surface area contributed by atoms with Crippen LogP contribution in [0, 0.1) is 0 Å². The molecule has 3 aromatic heterocycles. The third kappa shape index (κ3) is 20.1. The summed E-state index contributed by atoms with van der Waals surface area (Å²) in [5.41, 5.74) is 33.0. The molecule has 16 aromatic carbocycles. The van der Waals surface area contributed by atoms with Crippen LogP contribution in [0.3, 0.4) is 0 Å². The molecule has 0 atom stereocenters. The van der Waals surface area contributed by atoms with E-state index in [1.54, 1.807) is 24.3 Å². The Bertz CT molecular complexity index is 7010. The van der Waals surface area contributed by atoms with Crippen LogP contribution in [0.15, 0.2) is 435 Å². The molecule has 624 valence electrons. The fraction of sp³-hybridized carbons (Fsp3) is 0.0526. The molecule has 10 nitrogen and oxygen atoms in total. The van der Waals surface area contributed by atoms with E-state index in [9.17, 15) is 10.0 Å². The first-order valence-corrected chi connectivity index (χ1v) is 44.2. The normalized spacial score (nSPS) is 12.0. The van der Waals surface area contributed by atoms with Gasteiger partial charge in [0.2, 0.25) is 0 Å². The van der Waals surface area contributed by atoms with Crippen molar-refractivity contribution in [2.75, 3.05) is 0 Å². The predicted molar refractivity (Wildman–Crippen MR) is 537 cm³/mol. The molecule has 15 heteroatoms. The smallest absolute Gasteiger partial charge is 0.423 e. The van der Waals surface area contributed by atoms with Crippen molar-refractivity contribution < 1.29 is 20.1 Å². The lowest BCUT2D eigenvalue weighted by atomic mass is 9.75. The fourth-order valence-electron chi connectivity index (χ4n) is 16.5. The van der Waals surface area contributed by atoms with E-state index >= 15 is 0 Å². The van der Waals surface area contributed by atoms with E-state index in [2.05, 4.69) is 250 Å². The first-order valence-electron chi connectivity index (χ1n) is 42.6. The van der Waals surface area contributed by atoms with E-state index in [-0.39, 0.29) is 10.8 Å². The Labute approximate surface area is 771 Å². The quantitative estimate of drug-likeness (QED) is 0.0773. The Balaban J connectivity index is 0.000000122. The lowest BCUT2D eigenvalue weighted by molar-refractivity contribution is 0.424. The molecule has 2 aliphatic rings. The lowest BCUT2D eigenvalue weighted by Gasteiger charge is -2.22. The van der Waals surface area contributed by atoms with Crippen molar-refractivity contribution in [1.82, 2.24) is 29.9 Å². The van der Waals surface area contributed by atoms with Crippen molar-refractivity contribution in [1.29, 1.82) is 0 Å².